The molecule has 0 unspecified atom stereocenters. The molecule has 2 aliphatic heterocycles. The second-order valence-corrected chi connectivity index (χ2v) is 6.69. The van der Waals surface area contributed by atoms with Gasteiger partial charge >= 0.3 is 0 Å². The quantitative estimate of drug-likeness (QED) is 0.782. The van der Waals surface area contributed by atoms with Crippen LogP contribution in [0.1, 0.15) is 18.4 Å². The summed E-state index contributed by atoms with van der Waals surface area (Å²) >= 11 is 3.41. The largest absolute Gasteiger partial charge is 0.482 e. The lowest BCUT2D eigenvalue weighted by Crippen LogP contribution is -2.48. The number of ether oxygens (including phenoxy) is 3. The molecule has 0 N–H and O–H groups in total. The van der Waals surface area contributed by atoms with Crippen molar-refractivity contribution in [1.29, 1.82) is 5.26 Å². The predicted molar refractivity (Wildman–Crippen MR) is 89.4 cm³/mol. The van der Waals surface area contributed by atoms with E-state index in [1.165, 1.54) is 0 Å². The number of carbonyl (C=O) groups excluding carboxylic acids is 1. The number of para-hydroxylation sites is 1. The van der Waals surface area contributed by atoms with E-state index in [4.69, 9.17) is 19.5 Å². The molecular weight excluding hydrogens is 376 g/mol. The van der Waals surface area contributed by atoms with E-state index < -0.39 is 5.79 Å². The average Bonchev–Trinajstić information content (AvgIpc) is 3.03. The monoisotopic (exact) mass is 394 g/mol. The molecular formula is C17H19BrN2O4. The molecule has 1 spiro atoms. The van der Waals surface area contributed by atoms with Crippen LogP contribution >= 0.6 is 15.9 Å². The molecule has 1 aromatic carbocycles. The van der Waals surface area contributed by atoms with Gasteiger partial charge in [-0.3, -0.25) is 4.79 Å². The number of rotatable bonds is 4. The molecule has 128 valence electrons. The lowest BCUT2D eigenvalue weighted by molar-refractivity contribution is -0.187. The van der Waals surface area contributed by atoms with Gasteiger partial charge in [0.2, 0.25) is 0 Å². The minimum atomic E-state index is -0.486. The molecule has 1 amide bonds. The summed E-state index contributed by atoms with van der Waals surface area (Å²) in [5.41, 5.74) is 0.769. The van der Waals surface area contributed by atoms with Crippen LogP contribution in [0, 0.1) is 11.3 Å². The molecule has 6 nitrogen and oxygen atoms in total. The summed E-state index contributed by atoms with van der Waals surface area (Å²) in [4.78, 5) is 14.2. The Morgan fingerprint density at radius 2 is 2.04 bits per heavy atom. The molecule has 1 aromatic rings. The minimum Gasteiger partial charge on any atom is -0.482 e. The second-order valence-electron chi connectivity index (χ2n) is 5.84. The van der Waals surface area contributed by atoms with Crippen molar-refractivity contribution in [3.8, 4) is 11.8 Å². The fourth-order valence-electron chi connectivity index (χ4n) is 3.05. The van der Waals surface area contributed by atoms with E-state index in [1.807, 2.05) is 18.2 Å². The van der Waals surface area contributed by atoms with Crippen LogP contribution in [0.3, 0.4) is 0 Å². The highest BCUT2D eigenvalue weighted by atomic mass is 79.9. The Morgan fingerprint density at radius 3 is 2.71 bits per heavy atom. The summed E-state index contributed by atoms with van der Waals surface area (Å²) in [6.07, 6.45) is 1.62. The van der Waals surface area contributed by atoms with E-state index in [-0.39, 0.29) is 18.9 Å². The Balaban J connectivity index is 1.56. The first-order valence-electron chi connectivity index (χ1n) is 7.96. The van der Waals surface area contributed by atoms with Crippen molar-refractivity contribution in [1.82, 2.24) is 4.90 Å². The Labute approximate surface area is 149 Å². The molecule has 0 aromatic heterocycles. The standard InChI is InChI=1S/C17H19BrN2O4/c18-14-3-1-2-13(4-7-19)16(14)22-12-15(21)20-8-5-17(6-9-20)23-10-11-24-17/h1-3H,4-6,8-12H2. The van der Waals surface area contributed by atoms with Crippen molar-refractivity contribution in [2.75, 3.05) is 32.9 Å². The SMILES string of the molecule is N#CCc1cccc(Br)c1OCC(=O)N1CCC2(CC1)OCCO2. The van der Waals surface area contributed by atoms with Gasteiger partial charge in [0.25, 0.3) is 5.91 Å². The number of likely N-dealkylation sites (tertiary alicyclic amines) is 1. The highest BCUT2D eigenvalue weighted by molar-refractivity contribution is 9.10. The van der Waals surface area contributed by atoms with Gasteiger partial charge in [-0.25, -0.2) is 0 Å². The molecule has 2 saturated heterocycles. The maximum absolute atomic E-state index is 12.4. The number of carbonyl (C=O) groups is 1. The summed E-state index contributed by atoms with van der Waals surface area (Å²) in [5, 5.41) is 8.90. The van der Waals surface area contributed by atoms with E-state index in [0.717, 1.165) is 10.0 Å². The molecule has 0 aliphatic carbocycles. The summed E-state index contributed by atoms with van der Waals surface area (Å²) in [7, 11) is 0. The maximum atomic E-state index is 12.4. The first-order chi connectivity index (χ1) is 11.6. The van der Waals surface area contributed by atoms with Crippen LogP contribution in [0.2, 0.25) is 0 Å². The number of halogens is 1. The van der Waals surface area contributed by atoms with Crippen LogP contribution in [0.15, 0.2) is 22.7 Å². The Morgan fingerprint density at radius 1 is 1.33 bits per heavy atom. The van der Waals surface area contributed by atoms with Gasteiger partial charge in [0.15, 0.2) is 12.4 Å². The number of nitrogens with zero attached hydrogens (tertiary/aromatic N) is 2. The number of piperidine rings is 1. The Hall–Kier alpha value is -1.62. The van der Waals surface area contributed by atoms with E-state index in [1.54, 1.807) is 4.90 Å². The third kappa shape index (κ3) is 3.72. The van der Waals surface area contributed by atoms with E-state index >= 15 is 0 Å². The predicted octanol–water partition coefficient (Wildman–Crippen LogP) is 2.26. The van der Waals surface area contributed by atoms with E-state index in [0.29, 0.717) is 44.9 Å². The van der Waals surface area contributed by atoms with Gasteiger partial charge in [-0.2, -0.15) is 5.26 Å². The van der Waals surface area contributed by atoms with Crippen molar-refractivity contribution in [3.05, 3.63) is 28.2 Å². The van der Waals surface area contributed by atoms with Crippen LogP contribution in [-0.2, 0) is 20.7 Å². The molecule has 0 saturated carbocycles. The normalized spacial score (nSPS) is 19.2. The van der Waals surface area contributed by atoms with Crippen molar-refractivity contribution in [2.24, 2.45) is 0 Å². The molecule has 0 radical (unpaired) electrons. The number of amides is 1. The smallest absolute Gasteiger partial charge is 0.260 e. The molecule has 7 heteroatoms. The zero-order chi connectivity index (χ0) is 17.0. The van der Waals surface area contributed by atoms with Crippen molar-refractivity contribution in [2.45, 2.75) is 25.0 Å². The third-order valence-corrected chi connectivity index (χ3v) is 4.97. The zero-order valence-corrected chi connectivity index (χ0v) is 14.9. The van der Waals surface area contributed by atoms with Crippen LogP contribution in [-0.4, -0.2) is 49.5 Å². The molecule has 2 aliphatic rings. The van der Waals surface area contributed by atoms with Crippen LogP contribution in [0.5, 0.6) is 5.75 Å². The molecule has 0 atom stereocenters. The van der Waals surface area contributed by atoms with Gasteiger partial charge < -0.3 is 19.1 Å². The summed E-state index contributed by atoms with van der Waals surface area (Å²) in [6.45, 7) is 2.41. The lowest BCUT2D eigenvalue weighted by Gasteiger charge is -2.37. The van der Waals surface area contributed by atoms with Gasteiger partial charge in [-0.05, 0) is 22.0 Å². The van der Waals surface area contributed by atoms with Crippen LogP contribution in [0.4, 0.5) is 0 Å². The summed E-state index contributed by atoms with van der Waals surface area (Å²) < 4.78 is 17.8. The van der Waals surface area contributed by atoms with Gasteiger partial charge in [0.1, 0.15) is 5.75 Å². The zero-order valence-electron chi connectivity index (χ0n) is 13.3. The van der Waals surface area contributed by atoms with Gasteiger partial charge in [-0.15, -0.1) is 0 Å². The molecule has 0 bridgehead atoms. The lowest BCUT2D eigenvalue weighted by atomic mass is 10.0. The van der Waals surface area contributed by atoms with Gasteiger partial charge in [-0.1, -0.05) is 12.1 Å². The highest BCUT2D eigenvalue weighted by Crippen LogP contribution is 2.32. The van der Waals surface area contributed by atoms with Crippen molar-refractivity contribution >= 4 is 21.8 Å². The number of hydrogen-bond donors (Lipinski definition) is 0. The molecule has 3 rings (SSSR count). The Bertz CT molecular complexity index is 642. The van der Waals surface area contributed by atoms with Gasteiger partial charge in [0, 0.05) is 31.5 Å². The fraction of sp³-hybridized carbons (Fsp3) is 0.529. The fourth-order valence-corrected chi connectivity index (χ4v) is 3.57. The van der Waals surface area contributed by atoms with Crippen molar-refractivity contribution < 1.29 is 19.0 Å². The number of nitriles is 1. The number of hydrogen-bond acceptors (Lipinski definition) is 5. The second kappa shape index (κ2) is 7.51. The number of benzene rings is 1. The maximum Gasteiger partial charge on any atom is 0.260 e. The topological polar surface area (TPSA) is 71.8 Å². The third-order valence-electron chi connectivity index (χ3n) is 4.35. The van der Waals surface area contributed by atoms with Crippen LogP contribution < -0.4 is 4.74 Å². The molecule has 24 heavy (non-hydrogen) atoms. The first-order valence-corrected chi connectivity index (χ1v) is 8.76. The molecule has 2 heterocycles. The highest BCUT2D eigenvalue weighted by Gasteiger charge is 2.40. The minimum absolute atomic E-state index is 0.0459. The summed E-state index contributed by atoms with van der Waals surface area (Å²) in [6, 6.07) is 7.61. The van der Waals surface area contributed by atoms with E-state index in [2.05, 4.69) is 22.0 Å². The van der Waals surface area contributed by atoms with Gasteiger partial charge in [0.05, 0.1) is 30.2 Å². The molecule has 2 fully saturated rings. The van der Waals surface area contributed by atoms with Crippen molar-refractivity contribution in [3.63, 3.8) is 0 Å². The summed E-state index contributed by atoms with van der Waals surface area (Å²) in [5.74, 6) is 0.00455. The van der Waals surface area contributed by atoms with Crippen LogP contribution in [0.25, 0.3) is 0 Å². The average molecular weight is 395 g/mol. The Kier molecular flexibility index (Phi) is 5.39. The first kappa shape index (κ1) is 17.2. The van der Waals surface area contributed by atoms with E-state index in [9.17, 15) is 4.79 Å².